The molecule has 2 aromatic carbocycles. The van der Waals surface area contributed by atoms with Gasteiger partial charge in [0, 0.05) is 11.1 Å². The van der Waals surface area contributed by atoms with Crippen molar-refractivity contribution in [2.75, 3.05) is 0 Å². The van der Waals surface area contributed by atoms with Crippen LogP contribution in [0, 0.1) is 11.3 Å². The maximum absolute atomic E-state index is 11.2. The molecule has 0 saturated heterocycles. The van der Waals surface area contributed by atoms with Crippen molar-refractivity contribution in [3.63, 3.8) is 0 Å². The van der Waals surface area contributed by atoms with Gasteiger partial charge in [-0.05, 0) is 30.3 Å². The molecule has 1 unspecified atom stereocenters. The first-order valence-electron chi connectivity index (χ1n) is 6.12. The number of rotatable bonds is 2. The summed E-state index contributed by atoms with van der Waals surface area (Å²) < 4.78 is 5.73. The number of fused-ring (bicyclic) bond motifs is 1. The topological polar surface area (TPSA) is 62.5 Å². The summed E-state index contributed by atoms with van der Waals surface area (Å²) in [6, 6.07) is 15.7. The lowest BCUT2D eigenvalue weighted by Crippen LogP contribution is -2.19. The molecule has 0 spiro atoms. The van der Waals surface area contributed by atoms with E-state index in [0.29, 0.717) is 17.2 Å². The Kier molecular flexibility index (Phi) is 3.02. The van der Waals surface area contributed by atoms with Crippen molar-refractivity contribution >= 4 is 12.2 Å². The molecule has 2 aromatic rings. The predicted octanol–water partition coefficient (Wildman–Crippen LogP) is 2.64. The van der Waals surface area contributed by atoms with E-state index in [9.17, 15) is 4.79 Å². The largest absolute Gasteiger partial charge is 0.438 e. The van der Waals surface area contributed by atoms with E-state index in [4.69, 9.17) is 10.00 Å². The second kappa shape index (κ2) is 4.98. The van der Waals surface area contributed by atoms with Gasteiger partial charge in [-0.15, -0.1) is 0 Å². The molecular formula is C16H10N2O2. The van der Waals surface area contributed by atoms with Crippen LogP contribution >= 0.6 is 0 Å². The summed E-state index contributed by atoms with van der Waals surface area (Å²) in [4.78, 5) is 15.5. The van der Waals surface area contributed by atoms with E-state index in [2.05, 4.69) is 11.1 Å². The molecule has 0 radical (unpaired) electrons. The van der Waals surface area contributed by atoms with Gasteiger partial charge in [0.2, 0.25) is 5.90 Å². The van der Waals surface area contributed by atoms with Crippen LogP contribution in [-0.2, 0) is 4.79 Å². The molecule has 20 heavy (non-hydrogen) atoms. The Morgan fingerprint density at radius 1 is 1.15 bits per heavy atom. The van der Waals surface area contributed by atoms with Gasteiger partial charge in [-0.25, -0.2) is 4.99 Å². The first-order valence-corrected chi connectivity index (χ1v) is 6.12. The number of hydrogen-bond donors (Lipinski definition) is 0. The van der Waals surface area contributed by atoms with Crippen molar-refractivity contribution < 1.29 is 9.53 Å². The first-order chi connectivity index (χ1) is 9.81. The molecular weight excluding hydrogens is 252 g/mol. The SMILES string of the molecule is N#Cc1ccc(C2=NC(C=O)c3ccccc3O2)cc1. The zero-order valence-electron chi connectivity index (χ0n) is 10.5. The smallest absolute Gasteiger partial charge is 0.223 e. The number of carbonyl (C=O) groups is 1. The summed E-state index contributed by atoms with van der Waals surface area (Å²) in [5.41, 5.74) is 2.07. The van der Waals surface area contributed by atoms with Gasteiger partial charge in [-0.3, -0.25) is 0 Å². The molecule has 96 valence electrons. The standard InChI is InChI=1S/C16H10N2O2/c17-9-11-5-7-12(8-6-11)16-18-14(10-19)13-3-1-2-4-15(13)20-16/h1-8,10,14H. The Morgan fingerprint density at radius 2 is 1.90 bits per heavy atom. The summed E-state index contributed by atoms with van der Waals surface area (Å²) in [6.45, 7) is 0. The maximum Gasteiger partial charge on any atom is 0.223 e. The molecule has 0 N–H and O–H groups in total. The lowest BCUT2D eigenvalue weighted by atomic mass is 10.1. The summed E-state index contributed by atoms with van der Waals surface area (Å²) in [7, 11) is 0. The minimum absolute atomic E-state index is 0.394. The monoisotopic (exact) mass is 262 g/mol. The lowest BCUT2D eigenvalue weighted by molar-refractivity contribution is -0.109. The average Bonchev–Trinajstić information content (AvgIpc) is 2.54. The van der Waals surface area contributed by atoms with E-state index >= 15 is 0 Å². The summed E-state index contributed by atoms with van der Waals surface area (Å²) in [5, 5.41) is 8.79. The molecule has 1 aliphatic rings. The molecule has 4 heteroatoms. The molecule has 3 rings (SSSR count). The van der Waals surface area contributed by atoms with Crippen LogP contribution in [0.1, 0.15) is 22.7 Å². The Bertz CT molecular complexity index is 727. The highest BCUT2D eigenvalue weighted by atomic mass is 16.5. The molecule has 1 heterocycles. The number of benzene rings is 2. The lowest BCUT2D eigenvalue weighted by Gasteiger charge is -2.20. The number of ether oxygens (including phenoxy) is 1. The number of aldehydes is 1. The van der Waals surface area contributed by atoms with Gasteiger partial charge in [-0.1, -0.05) is 18.2 Å². The third kappa shape index (κ3) is 2.06. The van der Waals surface area contributed by atoms with Gasteiger partial charge < -0.3 is 9.53 Å². The molecule has 0 aromatic heterocycles. The van der Waals surface area contributed by atoms with Gasteiger partial charge in [0.15, 0.2) is 0 Å². The van der Waals surface area contributed by atoms with E-state index in [1.165, 1.54) is 0 Å². The second-order valence-corrected chi connectivity index (χ2v) is 4.34. The van der Waals surface area contributed by atoms with Crippen molar-refractivity contribution in [2.24, 2.45) is 4.99 Å². The molecule has 0 saturated carbocycles. The van der Waals surface area contributed by atoms with Crippen LogP contribution in [0.3, 0.4) is 0 Å². The Balaban J connectivity index is 2.01. The minimum Gasteiger partial charge on any atom is -0.438 e. The highest BCUT2D eigenvalue weighted by Gasteiger charge is 2.23. The summed E-state index contributed by atoms with van der Waals surface area (Å²) in [6.07, 6.45) is 0.797. The van der Waals surface area contributed by atoms with Crippen LogP contribution in [0.15, 0.2) is 53.5 Å². The highest BCUT2D eigenvalue weighted by molar-refractivity contribution is 5.98. The number of hydrogen-bond acceptors (Lipinski definition) is 4. The van der Waals surface area contributed by atoms with Crippen LogP contribution in [0.25, 0.3) is 0 Å². The van der Waals surface area contributed by atoms with Crippen LogP contribution < -0.4 is 4.74 Å². The van der Waals surface area contributed by atoms with Gasteiger partial charge in [0.05, 0.1) is 11.6 Å². The Labute approximate surface area is 116 Å². The third-order valence-electron chi connectivity index (χ3n) is 3.09. The Hall–Kier alpha value is -2.93. The zero-order valence-corrected chi connectivity index (χ0v) is 10.5. The van der Waals surface area contributed by atoms with Crippen molar-refractivity contribution in [3.8, 4) is 11.8 Å². The fourth-order valence-electron chi connectivity index (χ4n) is 2.07. The normalized spacial score (nSPS) is 16.4. The molecule has 0 bridgehead atoms. The van der Waals surface area contributed by atoms with Gasteiger partial charge in [-0.2, -0.15) is 5.26 Å². The molecule has 0 aliphatic carbocycles. The van der Waals surface area contributed by atoms with Crippen molar-refractivity contribution in [1.29, 1.82) is 5.26 Å². The van der Waals surface area contributed by atoms with Crippen molar-refractivity contribution in [1.82, 2.24) is 0 Å². The summed E-state index contributed by atoms with van der Waals surface area (Å²) >= 11 is 0. The number of nitriles is 1. The van der Waals surface area contributed by atoms with Crippen molar-refractivity contribution in [3.05, 3.63) is 65.2 Å². The molecule has 0 amide bonds. The van der Waals surface area contributed by atoms with Gasteiger partial charge in [0.25, 0.3) is 0 Å². The van der Waals surface area contributed by atoms with E-state index in [-0.39, 0.29) is 0 Å². The number of carbonyl (C=O) groups excluding carboxylic acids is 1. The number of para-hydroxylation sites is 1. The van der Waals surface area contributed by atoms with Crippen LogP contribution in [0.2, 0.25) is 0 Å². The van der Waals surface area contributed by atoms with Gasteiger partial charge in [0.1, 0.15) is 18.1 Å². The van der Waals surface area contributed by atoms with Crippen molar-refractivity contribution in [2.45, 2.75) is 6.04 Å². The fraction of sp³-hybridized carbons (Fsp3) is 0.0625. The number of nitrogens with zero attached hydrogens (tertiary/aromatic N) is 2. The average molecular weight is 262 g/mol. The van der Waals surface area contributed by atoms with E-state index in [1.807, 2.05) is 24.3 Å². The number of aliphatic imine (C=N–C) groups is 1. The predicted molar refractivity (Wildman–Crippen MR) is 73.6 cm³/mol. The minimum atomic E-state index is -0.550. The van der Waals surface area contributed by atoms with E-state index in [0.717, 1.165) is 17.4 Å². The fourth-order valence-corrected chi connectivity index (χ4v) is 2.07. The second-order valence-electron chi connectivity index (χ2n) is 4.34. The summed E-state index contributed by atoms with van der Waals surface area (Å²) in [5.74, 6) is 1.03. The molecule has 4 nitrogen and oxygen atoms in total. The molecule has 1 atom stereocenters. The first kappa shape index (κ1) is 12.1. The van der Waals surface area contributed by atoms with E-state index < -0.39 is 6.04 Å². The quantitative estimate of drug-likeness (QED) is 0.781. The maximum atomic E-state index is 11.2. The zero-order chi connectivity index (χ0) is 13.9. The molecule has 1 aliphatic heterocycles. The highest BCUT2D eigenvalue weighted by Crippen LogP contribution is 2.31. The van der Waals surface area contributed by atoms with Crippen LogP contribution in [-0.4, -0.2) is 12.2 Å². The Morgan fingerprint density at radius 3 is 2.60 bits per heavy atom. The third-order valence-corrected chi connectivity index (χ3v) is 3.09. The molecule has 0 fully saturated rings. The van der Waals surface area contributed by atoms with E-state index in [1.54, 1.807) is 24.3 Å². The van der Waals surface area contributed by atoms with Crippen LogP contribution in [0.5, 0.6) is 5.75 Å². The van der Waals surface area contributed by atoms with Crippen LogP contribution in [0.4, 0.5) is 0 Å². The van der Waals surface area contributed by atoms with Gasteiger partial charge >= 0.3 is 0 Å².